The number of fused-ring (bicyclic) bond motifs is 1. The van der Waals surface area contributed by atoms with E-state index in [-0.39, 0.29) is 0 Å². The second kappa shape index (κ2) is 5.82. The van der Waals surface area contributed by atoms with Gasteiger partial charge in [-0.2, -0.15) is 0 Å². The lowest BCUT2D eigenvalue weighted by Gasteiger charge is -2.08. The molecule has 0 bridgehead atoms. The first-order chi connectivity index (χ1) is 10.0. The fourth-order valence-electron chi connectivity index (χ4n) is 1.93. The highest BCUT2D eigenvalue weighted by atomic mass is 32.2. The minimum absolute atomic E-state index is 0.429. The number of nitrogens with one attached hydrogen (secondary N) is 1. The van der Waals surface area contributed by atoms with Crippen molar-refractivity contribution in [1.82, 2.24) is 19.7 Å². The summed E-state index contributed by atoms with van der Waals surface area (Å²) in [6, 6.07) is 0.429. The monoisotopic (exact) mass is 322 g/mol. The third-order valence-corrected chi connectivity index (χ3v) is 4.82. The number of imidazole rings is 1. The summed E-state index contributed by atoms with van der Waals surface area (Å²) in [5, 5.41) is 7.11. The first-order valence-electron chi connectivity index (χ1n) is 6.84. The lowest BCUT2D eigenvalue weighted by atomic mass is 10.3. The summed E-state index contributed by atoms with van der Waals surface area (Å²) in [5.74, 6) is 0.861. The SMILES string of the molecule is Cc1nc(Sc2nc3sccn3c2CNC(C)C)oc1C. The van der Waals surface area contributed by atoms with Gasteiger partial charge in [-0.3, -0.25) is 4.40 Å². The predicted octanol–water partition coefficient (Wildman–Crippen LogP) is 3.65. The quantitative estimate of drug-likeness (QED) is 0.777. The van der Waals surface area contributed by atoms with Crippen LogP contribution in [0.3, 0.4) is 0 Å². The highest BCUT2D eigenvalue weighted by Crippen LogP contribution is 2.32. The van der Waals surface area contributed by atoms with Crippen molar-refractivity contribution < 1.29 is 4.42 Å². The van der Waals surface area contributed by atoms with E-state index in [1.807, 2.05) is 13.8 Å². The summed E-state index contributed by atoms with van der Waals surface area (Å²) < 4.78 is 7.79. The van der Waals surface area contributed by atoms with Crippen molar-refractivity contribution >= 4 is 28.1 Å². The van der Waals surface area contributed by atoms with E-state index in [2.05, 4.69) is 45.1 Å². The molecule has 0 fully saturated rings. The number of thiazole rings is 1. The Morgan fingerprint density at radius 2 is 2.19 bits per heavy atom. The minimum Gasteiger partial charge on any atom is -0.436 e. The van der Waals surface area contributed by atoms with Gasteiger partial charge < -0.3 is 9.73 Å². The maximum absolute atomic E-state index is 5.66. The Hall–Kier alpha value is -1.31. The second-order valence-corrected chi connectivity index (χ2v) is 6.99. The van der Waals surface area contributed by atoms with Gasteiger partial charge in [-0.1, -0.05) is 13.8 Å². The smallest absolute Gasteiger partial charge is 0.262 e. The standard InChI is InChI=1S/C14H18N4OS2/c1-8(2)15-7-11-12(17-13-18(11)5-6-20-13)21-14-16-9(3)10(4)19-14/h5-6,8,15H,7H2,1-4H3. The Bertz CT molecular complexity index is 737. The second-order valence-electron chi connectivity index (χ2n) is 5.18. The van der Waals surface area contributed by atoms with Gasteiger partial charge in [-0.15, -0.1) is 11.3 Å². The third kappa shape index (κ3) is 3.00. The molecule has 5 nitrogen and oxygen atoms in total. The van der Waals surface area contributed by atoms with Crippen LogP contribution in [0.5, 0.6) is 0 Å². The Kier molecular flexibility index (Phi) is 4.05. The number of rotatable bonds is 5. The fraction of sp³-hybridized carbons (Fsp3) is 0.429. The molecule has 0 aromatic carbocycles. The Morgan fingerprint density at radius 3 is 2.86 bits per heavy atom. The van der Waals surface area contributed by atoms with E-state index in [1.54, 1.807) is 11.3 Å². The molecule has 3 aromatic rings. The molecule has 0 unspecified atom stereocenters. The van der Waals surface area contributed by atoms with Crippen molar-refractivity contribution in [3.8, 4) is 0 Å². The molecule has 3 rings (SSSR count). The van der Waals surface area contributed by atoms with E-state index in [1.165, 1.54) is 11.8 Å². The van der Waals surface area contributed by atoms with E-state index < -0.39 is 0 Å². The van der Waals surface area contributed by atoms with Gasteiger partial charge in [0.1, 0.15) is 10.8 Å². The number of hydrogen-bond acceptors (Lipinski definition) is 6. The van der Waals surface area contributed by atoms with Crippen LogP contribution < -0.4 is 5.32 Å². The van der Waals surface area contributed by atoms with E-state index in [4.69, 9.17) is 4.42 Å². The third-order valence-electron chi connectivity index (χ3n) is 3.19. The normalized spacial score (nSPS) is 11.9. The summed E-state index contributed by atoms with van der Waals surface area (Å²) in [6.45, 7) is 8.94. The molecule has 0 saturated heterocycles. The van der Waals surface area contributed by atoms with Gasteiger partial charge >= 0.3 is 0 Å². The zero-order chi connectivity index (χ0) is 15.0. The number of aryl methyl sites for hydroxylation is 2. The van der Waals surface area contributed by atoms with Crippen LogP contribution >= 0.6 is 23.1 Å². The largest absolute Gasteiger partial charge is 0.436 e. The molecule has 1 N–H and O–H groups in total. The van der Waals surface area contributed by atoms with Crippen molar-refractivity contribution in [3.63, 3.8) is 0 Å². The van der Waals surface area contributed by atoms with Crippen molar-refractivity contribution in [2.24, 2.45) is 0 Å². The average molecular weight is 322 g/mol. The van der Waals surface area contributed by atoms with Gasteiger partial charge in [0, 0.05) is 24.2 Å². The van der Waals surface area contributed by atoms with Crippen LogP contribution in [0.25, 0.3) is 4.96 Å². The molecular formula is C14H18N4OS2. The molecule has 0 aliphatic heterocycles. The molecule has 7 heteroatoms. The van der Waals surface area contributed by atoms with Crippen LogP contribution in [0.15, 0.2) is 26.2 Å². The molecule has 0 aliphatic rings. The fourth-order valence-corrected chi connectivity index (χ4v) is 3.65. The number of nitrogens with zero attached hydrogens (tertiary/aromatic N) is 3. The lowest BCUT2D eigenvalue weighted by Crippen LogP contribution is -2.22. The molecule has 0 amide bonds. The first kappa shape index (κ1) is 14.6. The van der Waals surface area contributed by atoms with E-state index in [0.717, 1.165) is 33.7 Å². The van der Waals surface area contributed by atoms with Gasteiger partial charge in [-0.05, 0) is 25.6 Å². The highest BCUT2D eigenvalue weighted by Gasteiger charge is 2.17. The van der Waals surface area contributed by atoms with Crippen molar-refractivity contribution in [2.45, 2.75) is 50.5 Å². The Balaban J connectivity index is 1.92. The number of hydrogen-bond donors (Lipinski definition) is 1. The van der Waals surface area contributed by atoms with Crippen LogP contribution in [0, 0.1) is 13.8 Å². The topological polar surface area (TPSA) is 55.4 Å². The van der Waals surface area contributed by atoms with Crippen LogP contribution in [0.4, 0.5) is 0 Å². The summed E-state index contributed by atoms with van der Waals surface area (Å²) in [7, 11) is 0. The summed E-state index contributed by atoms with van der Waals surface area (Å²) in [5.41, 5.74) is 2.08. The predicted molar refractivity (Wildman–Crippen MR) is 85.1 cm³/mol. The van der Waals surface area contributed by atoms with Gasteiger partial charge in [-0.25, -0.2) is 9.97 Å². The van der Waals surface area contributed by atoms with E-state index in [0.29, 0.717) is 11.3 Å². The molecule has 0 atom stereocenters. The number of oxazole rings is 1. The lowest BCUT2D eigenvalue weighted by molar-refractivity contribution is 0.431. The molecule has 112 valence electrons. The molecule has 0 saturated carbocycles. The molecule has 3 heterocycles. The maximum atomic E-state index is 5.66. The Morgan fingerprint density at radius 1 is 1.38 bits per heavy atom. The molecule has 0 aliphatic carbocycles. The van der Waals surface area contributed by atoms with Crippen LogP contribution in [0.1, 0.15) is 31.0 Å². The zero-order valence-corrected chi connectivity index (χ0v) is 14.1. The molecule has 0 spiro atoms. The van der Waals surface area contributed by atoms with E-state index in [9.17, 15) is 0 Å². The summed E-state index contributed by atoms with van der Waals surface area (Å²) >= 11 is 3.12. The molecule has 3 aromatic heterocycles. The first-order valence-corrected chi connectivity index (χ1v) is 8.54. The number of aromatic nitrogens is 3. The summed E-state index contributed by atoms with van der Waals surface area (Å²) in [4.78, 5) is 10.1. The van der Waals surface area contributed by atoms with Gasteiger partial charge in [0.15, 0.2) is 4.96 Å². The molecular weight excluding hydrogens is 304 g/mol. The Labute approximate surface area is 131 Å². The van der Waals surface area contributed by atoms with Crippen molar-refractivity contribution in [1.29, 1.82) is 0 Å². The summed E-state index contributed by atoms with van der Waals surface area (Å²) in [6.07, 6.45) is 2.06. The minimum atomic E-state index is 0.429. The van der Waals surface area contributed by atoms with Crippen LogP contribution in [-0.2, 0) is 6.54 Å². The van der Waals surface area contributed by atoms with Crippen molar-refractivity contribution in [3.05, 3.63) is 28.7 Å². The average Bonchev–Trinajstić information content (AvgIpc) is 3.04. The van der Waals surface area contributed by atoms with E-state index >= 15 is 0 Å². The zero-order valence-electron chi connectivity index (χ0n) is 12.5. The maximum Gasteiger partial charge on any atom is 0.262 e. The van der Waals surface area contributed by atoms with Crippen LogP contribution in [-0.4, -0.2) is 20.4 Å². The van der Waals surface area contributed by atoms with Gasteiger partial charge in [0.2, 0.25) is 0 Å². The van der Waals surface area contributed by atoms with Gasteiger partial charge in [0.05, 0.1) is 11.4 Å². The van der Waals surface area contributed by atoms with Crippen LogP contribution in [0.2, 0.25) is 0 Å². The van der Waals surface area contributed by atoms with Gasteiger partial charge in [0.25, 0.3) is 5.22 Å². The molecule has 0 radical (unpaired) electrons. The van der Waals surface area contributed by atoms with Crippen molar-refractivity contribution in [2.75, 3.05) is 0 Å². The molecule has 21 heavy (non-hydrogen) atoms. The highest BCUT2D eigenvalue weighted by molar-refractivity contribution is 7.99.